The van der Waals surface area contributed by atoms with Gasteiger partial charge in [0, 0.05) is 17.8 Å². The molecular formula is C21H26N4O2. The van der Waals surface area contributed by atoms with Crippen molar-refractivity contribution in [1.29, 1.82) is 0 Å². The Balaban J connectivity index is 1.54. The van der Waals surface area contributed by atoms with Gasteiger partial charge in [0.05, 0.1) is 18.8 Å². The molecule has 1 atom stereocenters. The minimum Gasteiger partial charge on any atom is -0.494 e. The molecule has 1 aliphatic carbocycles. The lowest BCUT2D eigenvalue weighted by Gasteiger charge is -2.39. The Kier molecular flexibility index (Phi) is 4.60. The topological polar surface area (TPSA) is 67.3 Å². The highest BCUT2D eigenvalue weighted by atomic mass is 16.5. The molecule has 1 N–H and O–H groups in total. The van der Waals surface area contributed by atoms with Crippen LogP contribution in [0.5, 0.6) is 5.75 Å². The van der Waals surface area contributed by atoms with Crippen LogP contribution in [0.3, 0.4) is 0 Å². The van der Waals surface area contributed by atoms with Crippen molar-refractivity contribution in [3.05, 3.63) is 53.6 Å². The maximum absolute atomic E-state index is 12.8. The van der Waals surface area contributed by atoms with E-state index in [1.54, 1.807) is 6.20 Å². The zero-order chi connectivity index (χ0) is 19.0. The van der Waals surface area contributed by atoms with E-state index in [0.29, 0.717) is 24.8 Å². The summed E-state index contributed by atoms with van der Waals surface area (Å²) in [6.45, 7) is 7.32. The summed E-state index contributed by atoms with van der Waals surface area (Å²) in [5, 5.41) is 3.75. The van der Waals surface area contributed by atoms with Crippen LogP contribution in [-0.4, -0.2) is 33.0 Å². The molecule has 0 radical (unpaired) electrons. The predicted molar refractivity (Wildman–Crippen MR) is 102 cm³/mol. The van der Waals surface area contributed by atoms with Crippen LogP contribution in [0.2, 0.25) is 0 Å². The van der Waals surface area contributed by atoms with Gasteiger partial charge in [-0.25, -0.2) is 9.97 Å². The fraction of sp³-hybridized carbons (Fsp3) is 0.476. The van der Waals surface area contributed by atoms with Crippen molar-refractivity contribution in [3.63, 3.8) is 0 Å². The number of aromatic nitrogens is 2. The number of carbonyl (C=O) groups is 1. The van der Waals surface area contributed by atoms with Crippen LogP contribution in [0.1, 0.15) is 61.3 Å². The first-order valence-corrected chi connectivity index (χ1v) is 9.61. The van der Waals surface area contributed by atoms with Gasteiger partial charge >= 0.3 is 0 Å². The van der Waals surface area contributed by atoms with Crippen LogP contribution in [0, 0.1) is 5.92 Å². The van der Waals surface area contributed by atoms with Crippen LogP contribution in [-0.2, 0) is 6.54 Å². The molecule has 1 aromatic carbocycles. The number of rotatable bonds is 7. The minimum absolute atomic E-state index is 0.0360. The fourth-order valence-corrected chi connectivity index (χ4v) is 3.79. The molecular weight excluding hydrogens is 340 g/mol. The van der Waals surface area contributed by atoms with Gasteiger partial charge in [-0.2, -0.15) is 0 Å². The Bertz CT molecular complexity index is 830. The number of hydrogen-bond donors (Lipinski definition) is 1. The molecule has 1 aliphatic heterocycles. The van der Waals surface area contributed by atoms with E-state index >= 15 is 0 Å². The monoisotopic (exact) mass is 366 g/mol. The summed E-state index contributed by atoms with van der Waals surface area (Å²) in [7, 11) is 0. The van der Waals surface area contributed by atoms with Crippen LogP contribution >= 0.6 is 0 Å². The summed E-state index contributed by atoms with van der Waals surface area (Å²) in [5.74, 6) is 1.45. The van der Waals surface area contributed by atoms with Crippen molar-refractivity contribution < 1.29 is 9.53 Å². The normalized spacial score (nSPS) is 17.7. The van der Waals surface area contributed by atoms with Crippen molar-refractivity contribution >= 4 is 5.91 Å². The second-order valence-electron chi connectivity index (χ2n) is 7.81. The first kappa shape index (κ1) is 17.9. The molecule has 4 rings (SSSR count). The zero-order valence-corrected chi connectivity index (χ0v) is 16.1. The Morgan fingerprint density at radius 2 is 2.04 bits per heavy atom. The van der Waals surface area contributed by atoms with E-state index in [0.717, 1.165) is 11.3 Å². The van der Waals surface area contributed by atoms with E-state index in [9.17, 15) is 4.79 Å². The standard InChI is InChI=1S/C21H26N4O2/c1-4-27-17-9-7-15(8-10-17)18(14-5-6-14)24-21(2,3)25-12-16-11-22-13-23-19(16)20(25)26/h7-11,13-14,18,24H,4-6,12H2,1-3H3. The van der Waals surface area contributed by atoms with Gasteiger partial charge in [-0.3, -0.25) is 10.1 Å². The van der Waals surface area contributed by atoms with Gasteiger partial charge in [0.15, 0.2) is 0 Å². The average Bonchev–Trinajstić information content (AvgIpc) is 3.45. The number of hydrogen-bond acceptors (Lipinski definition) is 5. The van der Waals surface area contributed by atoms with Gasteiger partial charge in [0.25, 0.3) is 5.91 Å². The molecule has 1 amide bonds. The Morgan fingerprint density at radius 1 is 1.30 bits per heavy atom. The second-order valence-corrected chi connectivity index (χ2v) is 7.81. The Labute approximate surface area is 160 Å². The third-order valence-corrected chi connectivity index (χ3v) is 5.39. The number of fused-ring (bicyclic) bond motifs is 1. The maximum atomic E-state index is 12.8. The fourth-order valence-electron chi connectivity index (χ4n) is 3.79. The average molecular weight is 366 g/mol. The molecule has 27 heavy (non-hydrogen) atoms. The number of benzene rings is 1. The number of ether oxygens (including phenoxy) is 1. The third-order valence-electron chi connectivity index (χ3n) is 5.39. The van der Waals surface area contributed by atoms with Crippen molar-refractivity contribution in [2.24, 2.45) is 5.92 Å². The lowest BCUT2D eigenvalue weighted by Crippen LogP contribution is -2.56. The molecule has 1 aromatic heterocycles. The first-order chi connectivity index (χ1) is 13.0. The minimum atomic E-state index is -0.496. The van der Waals surface area contributed by atoms with Crippen LogP contribution in [0.4, 0.5) is 0 Å². The maximum Gasteiger partial charge on any atom is 0.274 e. The van der Waals surface area contributed by atoms with Gasteiger partial charge < -0.3 is 9.64 Å². The predicted octanol–water partition coefficient (Wildman–Crippen LogP) is 3.31. The van der Waals surface area contributed by atoms with E-state index in [-0.39, 0.29) is 11.9 Å². The highest BCUT2D eigenvalue weighted by Crippen LogP contribution is 2.43. The zero-order valence-electron chi connectivity index (χ0n) is 16.1. The summed E-state index contributed by atoms with van der Waals surface area (Å²) >= 11 is 0. The Hall–Kier alpha value is -2.47. The van der Waals surface area contributed by atoms with Crippen molar-refractivity contribution in [3.8, 4) is 5.75 Å². The molecule has 1 saturated carbocycles. The molecule has 0 spiro atoms. The summed E-state index contributed by atoms with van der Waals surface area (Å²) in [6.07, 6.45) is 5.59. The molecule has 0 bridgehead atoms. The van der Waals surface area contributed by atoms with Crippen molar-refractivity contribution in [1.82, 2.24) is 20.2 Å². The van der Waals surface area contributed by atoms with Gasteiger partial charge in [0.2, 0.25) is 0 Å². The van der Waals surface area contributed by atoms with Gasteiger partial charge in [-0.15, -0.1) is 0 Å². The summed E-state index contributed by atoms with van der Waals surface area (Å²) in [6, 6.07) is 8.51. The van der Waals surface area contributed by atoms with Crippen LogP contribution < -0.4 is 10.1 Å². The summed E-state index contributed by atoms with van der Waals surface area (Å²) in [5.41, 5.74) is 2.15. The molecule has 1 unspecified atom stereocenters. The number of amides is 1. The molecule has 6 heteroatoms. The molecule has 2 aromatic rings. The van der Waals surface area contributed by atoms with E-state index in [1.165, 1.54) is 24.7 Å². The van der Waals surface area contributed by atoms with Crippen molar-refractivity contribution in [2.45, 2.75) is 51.9 Å². The molecule has 6 nitrogen and oxygen atoms in total. The number of nitrogens with one attached hydrogen (secondary N) is 1. The highest BCUT2D eigenvalue weighted by molar-refractivity contribution is 5.96. The molecule has 142 valence electrons. The first-order valence-electron chi connectivity index (χ1n) is 9.61. The number of nitrogens with zero attached hydrogens (tertiary/aromatic N) is 3. The second kappa shape index (κ2) is 6.93. The van der Waals surface area contributed by atoms with Crippen LogP contribution in [0.15, 0.2) is 36.8 Å². The Morgan fingerprint density at radius 3 is 2.67 bits per heavy atom. The van der Waals surface area contributed by atoms with Gasteiger partial charge in [0.1, 0.15) is 17.8 Å². The molecule has 2 heterocycles. The van der Waals surface area contributed by atoms with Crippen LogP contribution in [0.25, 0.3) is 0 Å². The molecule has 1 fully saturated rings. The summed E-state index contributed by atoms with van der Waals surface area (Å²) in [4.78, 5) is 22.9. The molecule has 2 aliphatic rings. The summed E-state index contributed by atoms with van der Waals surface area (Å²) < 4.78 is 5.56. The van der Waals surface area contributed by atoms with Gasteiger partial charge in [-0.05, 0) is 57.2 Å². The molecule has 0 saturated heterocycles. The quantitative estimate of drug-likeness (QED) is 0.814. The lowest BCUT2D eigenvalue weighted by molar-refractivity contribution is 0.0437. The van der Waals surface area contributed by atoms with E-state index in [1.807, 2.05) is 24.0 Å². The third kappa shape index (κ3) is 3.54. The smallest absolute Gasteiger partial charge is 0.274 e. The van der Waals surface area contributed by atoms with Gasteiger partial charge in [-0.1, -0.05) is 12.1 Å². The largest absolute Gasteiger partial charge is 0.494 e. The number of carbonyl (C=O) groups excluding carboxylic acids is 1. The van der Waals surface area contributed by atoms with E-state index < -0.39 is 5.66 Å². The van der Waals surface area contributed by atoms with E-state index in [2.05, 4.69) is 41.3 Å². The lowest BCUT2D eigenvalue weighted by atomic mass is 9.99. The highest BCUT2D eigenvalue weighted by Gasteiger charge is 2.42. The van der Waals surface area contributed by atoms with E-state index in [4.69, 9.17) is 4.74 Å². The van der Waals surface area contributed by atoms with Crippen molar-refractivity contribution in [2.75, 3.05) is 6.61 Å². The SMILES string of the molecule is CCOc1ccc(C(NC(C)(C)N2Cc3cncnc3C2=O)C2CC2)cc1.